The molecule has 2 N–H and O–H groups in total. The highest BCUT2D eigenvalue weighted by molar-refractivity contribution is 6.04. The first-order valence-corrected chi connectivity index (χ1v) is 12.8. The quantitative estimate of drug-likeness (QED) is 0.418. The van der Waals surface area contributed by atoms with Crippen molar-refractivity contribution >= 4 is 17.2 Å². The zero-order valence-electron chi connectivity index (χ0n) is 21.4. The molecule has 2 aromatic heterocycles. The molecular formula is C30H32N6O. The van der Waals surface area contributed by atoms with E-state index in [1.807, 2.05) is 47.9 Å². The molecule has 1 amide bonds. The number of carbonyl (C=O) groups is 1. The normalized spacial score (nSPS) is 14.8. The molecule has 6 rings (SSSR count). The summed E-state index contributed by atoms with van der Waals surface area (Å²) >= 11 is 0. The Hall–Kier alpha value is -3.99. The van der Waals surface area contributed by atoms with Crippen molar-refractivity contribution in [1.82, 2.24) is 24.6 Å². The van der Waals surface area contributed by atoms with Crippen molar-refractivity contribution in [3.8, 4) is 11.8 Å². The first-order valence-electron chi connectivity index (χ1n) is 12.8. The van der Waals surface area contributed by atoms with Gasteiger partial charge in [-0.2, -0.15) is 0 Å². The topological polar surface area (TPSA) is 74.6 Å². The van der Waals surface area contributed by atoms with Crippen LogP contribution in [0.2, 0.25) is 0 Å². The summed E-state index contributed by atoms with van der Waals surface area (Å²) in [6, 6.07) is 11.8. The maximum absolute atomic E-state index is 12.7. The highest BCUT2D eigenvalue weighted by Crippen LogP contribution is 2.23. The average molecular weight is 493 g/mol. The molecule has 2 aromatic carbocycles. The number of nitrogens with one attached hydrogen (secondary N) is 2. The third-order valence-corrected chi connectivity index (χ3v) is 6.84. The monoisotopic (exact) mass is 492 g/mol. The van der Waals surface area contributed by atoms with Crippen LogP contribution in [-0.4, -0.2) is 58.4 Å². The van der Waals surface area contributed by atoms with Crippen LogP contribution in [0.1, 0.15) is 44.7 Å². The molecule has 7 nitrogen and oxygen atoms in total. The Morgan fingerprint density at radius 2 is 1.86 bits per heavy atom. The maximum Gasteiger partial charge on any atom is 0.255 e. The minimum atomic E-state index is -0.0956. The van der Waals surface area contributed by atoms with E-state index < -0.39 is 0 Å². The van der Waals surface area contributed by atoms with Crippen LogP contribution in [0.15, 0.2) is 61.2 Å². The van der Waals surface area contributed by atoms with E-state index in [-0.39, 0.29) is 5.91 Å². The molecule has 0 saturated carbocycles. The Morgan fingerprint density at radius 3 is 2.68 bits per heavy atom. The van der Waals surface area contributed by atoms with Crippen molar-refractivity contribution < 1.29 is 4.79 Å². The molecule has 188 valence electrons. The van der Waals surface area contributed by atoms with Gasteiger partial charge in [0.25, 0.3) is 5.91 Å². The van der Waals surface area contributed by atoms with Crippen LogP contribution < -0.4 is 10.6 Å². The summed E-state index contributed by atoms with van der Waals surface area (Å²) in [7, 11) is 2.15. The number of amides is 1. The van der Waals surface area contributed by atoms with Crippen LogP contribution in [0.4, 0.5) is 5.69 Å². The number of anilines is 1. The molecule has 1 saturated heterocycles. The number of nitrogens with zero attached hydrogens (tertiary/aromatic N) is 4. The van der Waals surface area contributed by atoms with Crippen molar-refractivity contribution in [2.45, 2.75) is 26.2 Å². The standard InChI is InChI=1S/C25H20N4O.C5H12N2/c1-17-5-9-22(28-25(30)21-7-6-18-3-2-4-20(18)13-21)14-19(17)8-10-23-15-27-24-16-26-11-12-29(23)24;1-7-4-2-6-3-5-7/h5-7,9,11-16H,2-4H2,1H3,(H,28,30);6H,2-5H2,1H3. The largest absolute Gasteiger partial charge is 0.322 e. The van der Waals surface area contributed by atoms with E-state index in [1.165, 1.54) is 30.6 Å². The molecule has 0 unspecified atom stereocenters. The fourth-order valence-electron chi connectivity index (χ4n) is 4.59. The van der Waals surface area contributed by atoms with Crippen LogP contribution in [0, 0.1) is 18.8 Å². The number of aromatic nitrogens is 3. The maximum atomic E-state index is 12.7. The minimum Gasteiger partial charge on any atom is -0.322 e. The second-order valence-electron chi connectivity index (χ2n) is 9.57. The molecule has 1 aliphatic carbocycles. The number of likely N-dealkylation sites (N-methyl/N-ethyl adjacent to an activating group) is 1. The fourth-order valence-corrected chi connectivity index (χ4v) is 4.59. The van der Waals surface area contributed by atoms with E-state index in [2.05, 4.69) is 50.5 Å². The lowest BCUT2D eigenvalue weighted by molar-refractivity contribution is 0.102. The van der Waals surface area contributed by atoms with Crippen LogP contribution in [-0.2, 0) is 12.8 Å². The molecule has 1 fully saturated rings. The number of carbonyl (C=O) groups excluding carboxylic acids is 1. The van der Waals surface area contributed by atoms with Gasteiger partial charge in [0, 0.05) is 55.4 Å². The molecule has 2 aliphatic rings. The van der Waals surface area contributed by atoms with Crippen LogP contribution in [0.3, 0.4) is 0 Å². The highest BCUT2D eigenvalue weighted by atomic mass is 16.1. The molecule has 3 heterocycles. The number of aryl methyl sites for hydroxylation is 3. The molecule has 0 bridgehead atoms. The van der Waals surface area contributed by atoms with Gasteiger partial charge < -0.3 is 15.5 Å². The van der Waals surface area contributed by atoms with Gasteiger partial charge in [-0.15, -0.1) is 0 Å². The van der Waals surface area contributed by atoms with E-state index in [1.54, 1.807) is 18.6 Å². The number of fused-ring (bicyclic) bond motifs is 2. The summed E-state index contributed by atoms with van der Waals surface area (Å²) in [4.78, 5) is 23.4. The van der Waals surface area contributed by atoms with Gasteiger partial charge in [-0.3, -0.25) is 14.2 Å². The van der Waals surface area contributed by atoms with Gasteiger partial charge in [0.15, 0.2) is 5.65 Å². The lowest BCUT2D eigenvalue weighted by atomic mass is 10.1. The fraction of sp³-hybridized carbons (Fsp3) is 0.300. The molecule has 0 spiro atoms. The Labute approximate surface area is 217 Å². The summed E-state index contributed by atoms with van der Waals surface area (Å²) in [5, 5.41) is 6.28. The smallest absolute Gasteiger partial charge is 0.255 e. The summed E-state index contributed by atoms with van der Waals surface area (Å²) in [6.07, 6.45) is 10.3. The molecule has 4 aromatic rings. The Morgan fingerprint density at radius 1 is 1.03 bits per heavy atom. The van der Waals surface area contributed by atoms with Gasteiger partial charge in [-0.25, -0.2) is 4.98 Å². The van der Waals surface area contributed by atoms with Gasteiger partial charge in [0.05, 0.1) is 12.4 Å². The SMILES string of the molecule is CN1CCNCC1.Cc1ccc(NC(=O)c2ccc3c(c2)CCC3)cc1C#Cc1cnc2cnccn12. The predicted molar refractivity (Wildman–Crippen MR) is 147 cm³/mol. The second kappa shape index (κ2) is 11.4. The summed E-state index contributed by atoms with van der Waals surface area (Å²) in [5.74, 6) is 6.29. The first kappa shape index (κ1) is 24.7. The molecule has 1 aliphatic heterocycles. The first-order chi connectivity index (χ1) is 18.1. The van der Waals surface area contributed by atoms with E-state index >= 15 is 0 Å². The zero-order valence-corrected chi connectivity index (χ0v) is 21.4. The van der Waals surface area contributed by atoms with Crippen LogP contribution >= 0.6 is 0 Å². The minimum absolute atomic E-state index is 0.0956. The van der Waals surface area contributed by atoms with Crippen molar-refractivity contribution in [2.75, 3.05) is 38.5 Å². The van der Waals surface area contributed by atoms with E-state index in [9.17, 15) is 4.79 Å². The Bertz CT molecular complexity index is 1470. The van der Waals surface area contributed by atoms with Crippen molar-refractivity contribution in [1.29, 1.82) is 0 Å². The Kier molecular flexibility index (Phi) is 7.59. The third-order valence-electron chi connectivity index (χ3n) is 6.84. The summed E-state index contributed by atoms with van der Waals surface area (Å²) < 4.78 is 1.90. The van der Waals surface area contributed by atoms with Gasteiger partial charge in [-0.05, 0) is 80.1 Å². The molecule has 7 heteroatoms. The summed E-state index contributed by atoms with van der Waals surface area (Å²) in [5.41, 5.74) is 7.55. The van der Waals surface area contributed by atoms with E-state index in [0.717, 1.165) is 54.1 Å². The number of imidazole rings is 1. The van der Waals surface area contributed by atoms with Gasteiger partial charge in [-0.1, -0.05) is 18.1 Å². The zero-order chi connectivity index (χ0) is 25.6. The van der Waals surface area contributed by atoms with Crippen LogP contribution in [0.5, 0.6) is 0 Å². The summed E-state index contributed by atoms with van der Waals surface area (Å²) in [6.45, 7) is 6.75. The average Bonchev–Trinajstić information content (AvgIpc) is 3.56. The van der Waals surface area contributed by atoms with Gasteiger partial charge in [0.2, 0.25) is 0 Å². The Balaban J connectivity index is 0.000000348. The third kappa shape index (κ3) is 6.05. The number of benzene rings is 2. The number of piperazine rings is 1. The lowest BCUT2D eigenvalue weighted by Gasteiger charge is -2.21. The lowest BCUT2D eigenvalue weighted by Crippen LogP contribution is -2.40. The van der Waals surface area contributed by atoms with E-state index in [4.69, 9.17) is 0 Å². The predicted octanol–water partition coefficient (Wildman–Crippen LogP) is 3.70. The number of rotatable bonds is 2. The van der Waals surface area contributed by atoms with Crippen molar-refractivity contribution in [2.24, 2.45) is 0 Å². The molecule has 0 atom stereocenters. The molecular weight excluding hydrogens is 460 g/mol. The van der Waals surface area contributed by atoms with Gasteiger partial charge >= 0.3 is 0 Å². The highest BCUT2D eigenvalue weighted by Gasteiger charge is 2.14. The van der Waals surface area contributed by atoms with Crippen molar-refractivity contribution in [3.63, 3.8) is 0 Å². The van der Waals surface area contributed by atoms with E-state index in [0.29, 0.717) is 5.56 Å². The second-order valence-corrected chi connectivity index (χ2v) is 9.57. The van der Waals surface area contributed by atoms with Crippen LogP contribution in [0.25, 0.3) is 5.65 Å². The molecule has 37 heavy (non-hydrogen) atoms. The van der Waals surface area contributed by atoms with Gasteiger partial charge in [0.1, 0.15) is 5.69 Å². The van der Waals surface area contributed by atoms with Crippen molar-refractivity contribution in [3.05, 3.63) is 94.7 Å². The number of hydrogen-bond acceptors (Lipinski definition) is 5. The molecule has 0 radical (unpaired) electrons. The number of hydrogen-bond donors (Lipinski definition) is 2.